The lowest BCUT2D eigenvalue weighted by molar-refractivity contribution is -0.115. The second-order valence-corrected chi connectivity index (χ2v) is 7.15. The Bertz CT molecular complexity index is 933. The second-order valence-electron chi connectivity index (χ2n) is 5.39. The van der Waals surface area contributed by atoms with Crippen molar-refractivity contribution in [1.82, 2.24) is 4.98 Å². The fourth-order valence-corrected chi connectivity index (χ4v) is 2.91. The molecule has 0 aliphatic heterocycles. The third kappa shape index (κ3) is 4.97. The van der Waals surface area contributed by atoms with Gasteiger partial charge in [0.2, 0.25) is 11.8 Å². The lowest BCUT2D eigenvalue weighted by atomic mass is 10.1. The number of para-hydroxylation sites is 2. The van der Waals surface area contributed by atoms with Crippen molar-refractivity contribution in [2.75, 3.05) is 5.32 Å². The molecule has 7 heteroatoms. The SMILES string of the molecule is O=C(Cc1ccc(Br)cc1)Nc1ccccc1Oc1ncc(Cl)cc1Cl. The number of amides is 1. The summed E-state index contributed by atoms with van der Waals surface area (Å²) in [6, 6.07) is 16.2. The molecule has 26 heavy (non-hydrogen) atoms. The highest BCUT2D eigenvalue weighted by atomic mass is 79.9. The second kappa shape index (κ2) is 8.54. The van der Waals surface area contributed by atoms with Crippen molar-refractivity contribution in [1.29, 1.82) is 0 Å². The Hall–Kier alpha value is -2.08. The van der Waals surface area contributed by atoms with Gasteiger partial charge in [-0.3, -0.25) is 4.79 Å². The molecule has 3 aromatic rings. The fourth-order valence-electron chi connectivity index (χ4n) is 2.22. The average molecular weight is 452 g/mol. The zero-order valence-electron chi connectivity index (χ0n) is 13.4. The number of anilines is 1. The zero-order valence-corrected chi connectivity index (χ0v) is 16.5. The van der Waals surface area contributed by atoms with Gasteiger partial charge in [0.05, 0.1) is 17.1 Å². The van der Waals surface area contributed by atoms with Gasteiger partial charge in [-0.05, 0) is 35.9 Å². The van der Waals surface area contributed by atoms with Gasteiger partial charge in [0, 0.05) is 10.7 Å². The van der Waals surface area contributed by atoms with E-state index in [4.69, 9.17) is 27.9 Å². The minimum Gasteiger partial charge on any atom is -0.435 e. The van der Waals surface area contributed by atoms with Gasteiger partial charge in [-0.1, -0.05) is 63.4 Å². The van der Waals surface area contributed by atoms with Crippen LogP contribution in [-0.2, 0) is 11.2 Å². The van der Waals surface area contributed by atoms with Crippen LogP contribution in [-0.4, -0.2) is 10.9 Å². The van der Waals surface area contributed by atoms with E-state index in [1.807, 2.05) is 24.3 Å². The third-order valence-electron chi connectivity index (χ3n) is 3.42. The summed E-state index contributed by atoms with van der Waals surface area (Å²) in [4.78, 5) is 16.4. The van der Waals surface area contributed by atoms with E-state index >= 15 is 0 Å². The molecule has 0 aliphatic carbocycles. The molecular formula is C19H13BrCl2N2O2. The lowest BCUT2D eigenvalue weighted by Gasteiger charge is -2.12. The zero-order chi connectivity index (χ0) is 18.5. The van der Waals surface area contributed by atoms with E-state index in [9.17, 15) is 4.79 Å². The van der Waals surface area contributed by atoms with Gasteiger partial charge in [-0.25, -0.2) is 4.98 Å². The first kappa shape index (κ1) is 18.7. The van der Waals surface area contributed by atoms with E-state index in [0.29, 0.717) is 16.5 Å². The van der Waals surface area contributed by atoms with Crippen LogP contribution >= 0.6 is 39.1 Å². The van der Waals surface area contributed by atoms with Crippen LogP contribution in [0.5, 0.6) is 11.6 Å². The van der Waals surface area contributed by atoms with E-state index in [0.717, 1.165) is 10.0 Å². The highest BCUT2D eigenvalue weighted by molar-refractivity contribution is 9.10. The molecule has 0 atom stereocenters. The van der Waals surface area contributed by atoms with E-state index in [2.05, 4.69) is 26.2 Å². The van der Waals surface area contributed by atoms with Gasteiger partial charge in [0.25, 0.3) is 0 Å². The molecule has 0 saturated heterocycles. The standard InChI is InChI=1S/C19H13BrCl2N2O2/c20-13-7-5-12(6-8-13)9-18(25)24-16-3-1-2-4-17(16)26-19-15(22)10-14(21)11-23-19/h1-8,10-11H,9H2,(H,24,25). The minimum absolute atomic E-state index is 0.154. The monoisotopic (exact) mass is 450 g/mol. The quantitative estimate of drug-likeness (QED) is 0.507. The number of hydrogen-bond acceptors (Lipinski definition) is 3. The van der Waals surface area contributed by atoms with Crippen LogP contribution in [0.15, 0.2) is 65.3 Å². The number of ether oxygens (including phenoxy) is 1. The van der Waals surface area contributed by atoms with Gasteiger partial charge < -0.3 is 10.1 Å². The first-order valence-electron chi connectivity index (χ1n) is 7.63. The van der Waals surface area contributed by atoms with Crippen molar-refractivity contribution in [2.24, 2.45) is 0 Å². The molecule has 3 rings (SSSR count). The van der Waals surface area contributed by atoms with Gasteiger partial charge in [-0.2, -0.15) is 0 Å². The number of pyridine rings is 1. The van der Waals surface area contributed by atoms with E-state index in [1.54, 1.807) is 30.3 Å². The number of nitrogens with zero attached hydrogens (tertiary/aromatic N) is 1. The molecular weight excluding hydrogens is 439 g/mol. The molecule has 1 aromatic heterocycles. The summed E-state index contributed by atoms with van der Waals surface area (Å²) in [5, 5.41) is 3.55. The number of carbonyl (C=O) groups is 1. The van der Waals surface area contributed by atoms with Crippen LogP contribution in [0.1, 0.15) is 5.56 Å². The van der Waals surface area contributed by atoms with Crippen molar-refractivity contribution < 1.29 is 9.53 Å². The fraction of sp³-hybridized carbons (Fsp3) is 0.0526. The molecule has 0 unspecified atom stereocenters. The summed E-state index contributed by atoms with van der Waals surface area (Å²) in [5.41, 5.74) is 1.44. The summed E-state index contributed by atoms with van der Waals surface area (Å²) in [5.74, 6) is 0.498. The average Bonchev–Trinajstić information content (AvgIpc) is 2.61. The number of carbonyl (C=O) groups excluding carboxylic acids is 1. The maximum absolute atomic E-state index is 12.3. The number of benzene rings is 2. The Balaban J connectivity index is 1.74. The molecule has 2 aromatic carbocycles. The number of nitrogens with one attached hydrogen (secondary N) is 1. The number of rotatable bonds is 5. The molecule has 1 amide bonds. The summed E-state index contributed by atoms with van der Waals surface area (Å²) in [7, 11) is 0. The van der Waals surface area contributed by atoms with Gasteiger partial charge in [0.15, 0.2) is 5.75 Å². The van der Waals surface area contributed by atoms with Crippen molar-refractivity contribution in [3.8, 4) is 11.6 Å². The minimum atomic E-state index is -0.154. The number of halogens is 3. The van der Waals surface area contributed by atoms with Crippen LogP contribution in [0.2, 0.25) is 10.0 Å². The van der Waals surface area contributed by atoms with Gasteiger partial charge in [-0.15, -0.1) is 0 Å². The Labute approximate surface area is 169 Å². The Kier molecular flexibility index (Phi) is 6.14. The first-order valence-corrected chi connectivity index (χ1v) is 9.18. The van der Waals surface area contributed by atoms with Crippen molar-refractivity contribution >= 4 is 50.7 Å². The van der Waals surface area contributed by atoms with Crippen LogP contribution in [0.4, 0.5) is 5.69 Å². The molecule has 0 aliphatic rings. The van der Waals surface area contributed by atoms with Crippen LogP contribution < -0.4 is 10.1 Å². The van der Waals surface area contributed by atoms with E-state index in [-0.39, 0.29) is 23.2 Å². The van der Waals surface area contributed by atoms with E-state index < -0.39 is 0 Å². The van der Waals surface area contributed by atoms with Crippen LogP contribution in [0.25, 0.3) is 0 Å². The summed E-state index contributed by atoms with van der Waals surface area (Å²) >= 11 is 15.3. The van der Waals surface area contributed by atoms with Crippen molar-refractivity contribution in [3.05, 3.63) is 80.9 Å². The molecule has 1 N–H and O–H groups in total. The van der Waals surface area contributed by atoms with Crippen LogP contribution in [0, 0.1) is 0 Å². The molecule has 132 valence electrons. The van der Waals surface area contributed by atoms with Gasteiger partial charge >= 0.3 is 0 Å². The largest absolute Gasteiger partial charge is 0.435 e. The number of hydrogen-bond donors (Lipinski definition) is 1. The van der Waals surface area contributed by atoms with E-state index in [1.165, 1.54) is 6.20 Å². The normalized spacial score (nSPS) is 10.4. The van der Waals surface area contributed by atoms with Crippen LogP contribution in [0.3, 0.4) is 0 Å². The summed E-state index contributed by atoms with van der Waals surface area (Å²) < 4.78 is 6.70. The summed E-state index contributed by atoms with van der Waals surface area (Å²) in [6.45, 7) is 0. The predicted octanol–water partition coefficient (Wildman–Crippen LogP) is 6.12. The first-order chi connectivity index (χ1) is 12.5. The number of aromatic nitrogens is 1. The molecule has 1 heterocycles. The Morgan fingerprint density at radius 3 is 2.58 bits per heavy atom. The highest BCUT2D eigenvalue weighted by Gasteiger charge is 2.12. The lowest BCUT2D eigenvalue weighted by Crippen LogP contribution is -2.14. The maximum Gasteiger partial charge on any atom is 0.238 e. The molecule has 0 spiro atoms. The third-order valence-corrected chi connectivity index (χ3v) is 4.43. The van der Waals surface area contributed by atoms with Crippen molar-refractivity contribution in [2.45, 2.75) is 6.42 Å². The smallest absolute Gasteiger partial charge is 0.238 e. The predicted molar refractivity (Wildman–Crippen MR) is 107 cm³/mol. The van der Waals surface area contributed by atoms with Gasteiger partial charge in [0.1, 0.15) is 5.02 Å². The molecule has 0 fully saturated rings. The highest BCUT2D eigenvalue weighted by Crippen LogP contribution is 2.33. The van der Waals surface area contributed by atoms with Crippen molar-refractivity contribution in [3.63, 3.8) is 0 Å². The Morgan fingerprint density at radius 2 is 1.85 bits per heavy atom. The Morgan fingerprint density at radius 1 is 1.12 bits per heavy atom. The molecule has 4 nitrogen and oxygen atoms in total. The topological polar surface area (TPSA) is 51.2 Å². The summed E-state index contributed by atoms with van der Waals surface area (Å²) in [6.07, 6.45) is 1.69. The molecule has 0 radical (unpaired) electrons. The maximum atomic E-state index is 12.3. The molecule has 0 saturated carbocycles. The molecule has 0 bridgehead atoms.